The Labute approximate surface area is 98.2 Å². The maximum absolute atomic E-state index is 12.3. The molecule has 0 aromatic carbocycles. The van der Waals surface area contributed by atoms with Crippen molar-refractivity contribution in [3.63, 3.8) is 0 Å². The van der Waals surface area contributed by atoms with Crippen molar-refractivity contribution in [3.8, 4) is 0 Å². The van der Waals surface area contributed by atoms with Gasteiger partial charge in [0.15, 0.2) is 0 Å². The average molecular weight is 247 g/mol. The van der Waals surface area contributed by atoms with Gasteiger partial charge in [0.1, 0.15) is 12.4 Å². The lowest BCUT2D eigenvalue weighted by Crippen LogP contribution is -2.46. The first-order valence-electron chi connectivity index (χ1n) is 5.71. The molecule has 2 aliphatic rings. The van der Waals surface area contributed by atoms with Gasteiger partial charge in [0, 0.05) is 18.3 Å². The molecule has 1 aliphatic carbocycles. The molecule has 1 aliphatic heterocycles. The fourth-order valence-electron chi connectivity index (χ4n) is 1.97. The molecule has 0 radical (unpaired) electrons. The van der Waals surface area contributed by atoms with Crippen LogP contribution in [0.1, 0.15) is 19.8 Å². The van der Waals surface area contributed by atoms with Gasteiger partial charge in [-0.1, -0.05) is 0 Å². The van der Waals surface area contributed by atoms with Crippen LogP contribution in [0, 0.1) is 5.92 Å². The van der Waals surface area contributed by atoms with Crippen LogP contribution in [0.3, 0.4) is 0 Å². The van der Waals surface area contributed by atoms with Crippen molar-refractivity contribution in [3.05, 3.63) is 12.3 Å². The highest BCUT2D eigenvalue weighted by Crippen LogP contribution is 2.34. The second-order valence-corrected chi connectivity index (χ2v) is 4.67. The molecule has 2 atom stereocenters. The van der Waals surface area contributed by atoms with Crippen molar-refractivity contribution in [1.82, 2.24) is 4.90 Å². The molecule has 0 spiro atoms. The fourth-order valence-corrected chi connectivity index (χ4v) is 1.97. The summed E-state index contributed by atoms with van der Waals surface area (Å²) in [5.74, 6) is 0.520. The molecule has 1 heterocycles. The minimum Gasteiger partial charge on any atom is -0.354 e. The SMILES string of the molecule is CC(C(N)C1CC1)N1C=CC(C(F)(F)F)=NC1. The Morgan fingerprint density at radius 1 is 1.47 bits per heavy atom. The molecule has 1 fully saturated rings. The number of aliphatic imine (C=N–C) groups is 1. The molecule has 0 bridgehead atoms. The van der Waals surface area contributed by atoms with Crippen molar-refractivity contribution >= 4 is 5.71 Å². The van der Waals surface area contributed by atoms with Crippen molar-refractivity contribution in [1.29, 1.82) is 0 Å². The van der Waals surface area contributed by atoms with Crippen molar-refractivity contribution < 1.29 is 13.2 Å². The molecule has 0 aromatic heterocycles. The summed E-state index contributed by atoms with van der Waals surface area (Å²) >= 11 is 0. The predicted molar refractivity (Wildman–Crippen MR) is 59.5 cm³/mol. The van der Waals surface area contributed by atoms with Gasteiger partial charge >= 0.3 is 6.18 Å². The zero-order valence-electron chi connectivity index (χ0n) is 9.61. The number of hydrogen-bond donors (Lipinski definition) is 1. The molecule has 0 aromatic rings. The second kappa shape index (κ2) is 4.33. The second-order valence-electron chi connectivity index (χ2n) is 4.67. The van der Waals surface area contributed by atoms with Crippen molar-refractivity contribution in [2.24, 2.45) is 16.6 Å². The third-order valence-electron chi connectivity index (χ3n) is 3.37. The topological polar surface area (TPSA) is 41.6 Å². The van der Waals surface area contributed by atoms with Crippen molar-refractivity contribution in [2.75, 3.05) is 6.67 Å². The smallest absolute Gasteiger partial charge is 0.354 e. The van der Waals surface area contributed by atoms with E-state index in [1.165, 1.54) is 6.20 Å². The summed E-state index contributed by atoms with van der Waals surface area (Å²) in [4.78, 5) is 5.30. The summed E-state index contributed by atoms with van der Waals surface area (Å²) < 4.78 is 37.0. The van der Waals surface area contributed by atoms with E-state index in [-0.39, 0.29) is 18.8 Å². The Morgan fingerprint density at radius 3 is 2.53 bits per heavy atom. The van der Waals surface area contributed by atoms with Crippen LogP contribution >= 0.6 is 0 Å². The van der Waals surface area contributed by atoms with Gasteiger partial charge in [0.2, 0.25) is 0 Å². The Balaban J connectivity index is 1.95. The number of allylic oxidation sites excluding steroid dienone is 1. The Bertz CT molecular complexity index is 344. The van der Waals surface area contributed by atoms with Crippen LogP contribution in [0.25, 0.3) is 0 Å². The first kappa shape index (κ1) is 12.4. The van der Waals surface area contributed by atoms with E-state index in [1.54, 1.807) is 4.90 Å². The number of rotatable bonds is 3. The van der Waals surface area contributed by atoms with Gasteiger partial charge in [0.25, 0.3) is 0 Å². The van der Waals surface area contributed by atoms with E-state index in [0.717, 1.165) is 18.9 Å². The monoisotopic (exact) mass is 247 g/mol. The molecule has 2 rings (SSSR count). The summed E-state index contributed by atoms with van der Waals surface area (Å²) in [7, 11) is 0. The molecule has 0 amide bonds. The first-order valence-corrected chi connectivity index (χ1v) is 5.71. The quantitative estimate of drug-likeness (QED) is 0.827. The lowest BCUT2D eigenvalue weighted by atomic mass is 10.0. The van der Waals surface area contributed by atoms with Crippen LogP contribution < -0.4 is 5.73 Å². The van der Waals surface area contributed by atoms with E-state index in [9.17, 15) is 13.2 Å². The van der Waals surface area contributed by atoms with Gasteiger partial charge < -0.3 is 10.6 Å². The molecule has 2 unspecified atom stereocenters. The number of hydrogen-bond acceptors (Lipinski definition) is 3. The third-order valence-corrected chi connectivity index (χ3v) is 3.37. The molecule has 2 N–H and O–H groups in total. The van der Waals surface area contributed by atoms with Crippen LogP contribution in [0.15, 0.2) is 17.3 Å². The van der Waals surface area contributed by atoms with E-state index in [2.05, 4.69) is 4.99 Å². The Hall–Kier alpha value is -1.04. The maximum atomic E-state index is 12.3. The number of halogens is 3. The van der Waals surface area contributed by atoms with Crippen LogP contribution in [-0.4, -0.2) is 35.5 Å². The predicted octanol–water partition coefficient (Wildman–Crippen LogP) is 1.90. The van der Waals surface area contributed by atoms with E-state index in [4.69, 9.17) is 5.73 Å². The minimum atomic E-state index is -4.36. The van der Waals surface area contributed by atoms with E-state index < -0.39 is 11.9 Å². The summed E-state index contributed by atoms with van der Waals surface area (Å²) in [5.41, 5.74) is 5.21. The normalized spacial score (nSPS) is 24.5. The van der Waals surface area contributed by atoms with Gasteiger partial charge in [0.05, 0.1) is 0 Å². The largest absolute Gasteiger partial charge is 0.433 e. The lowest BCUT2D eigenvalue weighted by molar-refractivity contribution is -0.0584. The van der Waals surface area contributed by atoms with Crippen LogP contribution in [0.5, 0.6) is 0 Å². The summed E-state index contributed by atoms with van der Waals surface area (Å²) in [6, 6.07) is 0.0413. The lowest BCUT2D eigenvalue weighted by Gasteiger charge is -2.32. The van der Waals surface area contributed by atoms with Gasteiger partial charge in [-0.25, -0.2) is 0 Å². The number of alkyl halides is 3. The number of nitrogens with zero attached hydrogens (tertiary/aromatic N) is 2. The highest BCUT2D eigenvalue weighted by molar-refractivity contribution is 5.99. The molecule has 3 nitrogen and oxygen atoms in total. The standard InChI is InChI=1S/C11H16F3N3/c1-7(10(15)8-2-3-8)17-5-4-9(16-6-17)11(12,13)14/h4-5,7-8,10H,2-3,6,15H2,1H3. The highest BCUT2D eigenvalue weighted by atomic mass is 19.4. The molecule has 6 heteroatoms. The Morgan fingerprint density at radius 2 is 2.12 bits per heavy atom. The summed E-state index contributed by atoms with van der Waals surface area (Å²) in [6.07, 6.45) is 0.354. The zero-order chi connectivity index (χ0) is 12.6. The first-order chi connectivity index (χ1) is 7.89. The van der Waals surface area contributed by atoms with E-state index >= 15 is 0 Å². The van der Waals surface area contributed by atoms with E-state index in [0.29, 0.717) is 5.92 Å². The fraction of sp³-hybridized carbons (Fsp3) is 0.727. The van der Waals surface area contributed by atoms with E-state index in [1.807, 2.05) is 6.92 Å². The highest BCUT2D eigenvalue weighted by Gasteiger charge is 2.37. The van der Waals surface area contributed by atoms with Gasteiger partial charge in [-0.15, -0.1) is 0 Å². The van der Waals surface area contributed by atoms with Gasteiger partial charge in [-0.05, 0) is 31.8 Å². The van der Waals surface area contributed by atoms with Gasteiger partial charge in [-0.2, -0.15) is 13.2 Å². The summed E-state index contributed by atoms with van der Waals surface area (Å²) in [6.45, 7) is 1.97. The molecular weight excluding hydrogens is 231 g/mol. The molecular formula is C11H16F3N3. The minimum absolute atomic E-state index is 0.0160. The Kier molecular flexibility index (Phi) is 3.16. The summed E-state index contributed by atoms with van der Waals surface area (Å²) in [5, 5.41) is 0. The molecule has 96 valence electrons. The molecule has 17 heavy (non-hydrogen) atoms. The number of nitrogens with two attached hydrogens (primary N) is 1. The average Bonchev–Trinajstić information content (AvgIpc) is 3.10. The van der Waals surface area contributed by atoms with Crippen LogP contribution in [0.4, 0.5) is 13.2 Å². The van der Waals surface area contributed by atoms with Crippen molar-refractivity contribution in [2.45, 2.75) is 38.0 Å². The zero-order valence-corrected chi connectivity index (χ0v) is 9.61. The van der Waals surface area contributed by atoms with Crippen LogP contribution in [-0.2, 0) is 0 Å². The maximum Gasteiger partial charge on any atom is 0.433 e. The third kappa shape index (κ3) is 2.80. The van der Waals surface area contributed by atoms with Gasteiger partial charge in [-0.3, -0.25) is 4.99 Å². The molecule has 1 saturated carbocycles. The van der Waals surface area contributed by atoms with Crippen LogP contribution in [0.2, 0.25) is 0 Å². The molecule has 0 saturated heterocycles.